The molecule has 1 fully saturated rings. The van der Waals surface area contributed by atoms with Crippen LogP contribution in [0.4, 0.5) is 0 Å². The summed E-state index contributed by atoms with van der Waals surface area (Å²) >= 11 is 0. The van der Waals surface area contributed by atoms with Gasteiger partial charge in [-0.2, -0.15) is 0 Å². The zero-order valence-corrected chi connectivity index (χ0v) is 11.5. The number of ketones is 2. The molecule has 2 rings (SSSR count). The third-order valence-electron chi connectivity index (χ3n) is 3.93. The maximum atomic E-state index is 12.2. The van der Waals surface area contributed by atoms with Crippen LogP contribution in [-0.4, -0.2) is 18.2 Å². The molecule has 1 aromatic rings. The molecular formula is C16H20O3. The Morgan fingerprint density at radius 1 is 1.26 bits per heavy atom. The van der Waals surface area contributed by atoms with Crippen molar-refractivity contribution < 1.29 is 14.3 Å². The van der Waals surface area contributed by atoms with E-state index in [-0.39, 0.29) is 11.6 Å². The lowest BCUT2D eigenvalue weighted by atomic mass is 9.70. The lowest BCUT2D eigenvalue weighted by Crippen LogP contribution is -2.44. The number of ether oxygens (including phenoxy) is 1. The van der Waals surface area contributed by atoms with E-state index >= 15 is 0 Å². The van der Waals surface area contributed by atoms with Gasteiger partial charge in [-0.1, -0.05) is 37.3 Å². The second kappa shape index (κ2) is 5.66. The van der Waals surface area contributed by atoms with Crippen molar-refractivity contribution >= 4 is 11.6 Å². The van der Waals surface area contributed by atoms with E-state index in [9.17, 15) is 9.59 Å². The predicted molar refractivity (Wildman–Crippen MR) is 72.6 cm³/mol. The minimum absolute atomic E-state index is 0.0248. The highest BCUT2D eigenvalue weighted by atomic mass is 16.5. The molecule has 3 heteroatoms. The first kappa shape index (κ1) is 13.9. The van der Waals surface area contributed by atoms with E-state index in [0.29, 0.717) is 26.1 Å². The highest BCUT2D eigenvalue weighted by Crippen LogP contribution is 2.34. The molecule has 0 amide bonds. The summed E-state index contributed by atoms with van der Waals surface area (Å²) in [7, 11) is 0. The number of hydrogen-bond acceptors (Lipinski definition) is 3. The van der Waals surface area contributed by atoms with Crippen molar-refractivity contribution in [1.82, 2.24) is 0 Å². The van der Waals surface area contributed by atoms with Crippen LogP contribution in [0.1, 0.15) is 32.3 Å². The van der Waals surface area contributed by atoms with Crippen LogP contribution in [-0.2, 0) is 20.9 Å². The molecule has 0 spiro atoms. The zero-order valence-electron chi connectivity index (χ0n) is 11.5. The summed E-state index contributed by atoms with van der Waals surface area (Å²) in [6.45, 7) is 4.51. The molecule has 102 valence electrons. The van der Waals surface area contributed by atoms with Crippen LogP contribution in [0, 0.1) is 11.3 Å². The van der Waals surface area contributed by atoms with Crippen LogP contribution >= 0.6 is 0 Å². The van der Waals surface area contributed by atoms with Gasteiger partial charge in [-0.05, 0) is 18.9 Å². The van der Waals surface area contributed by atoms with Crippen molar-refractivity contribution in [3.8, 4) is 0 Å². The first-order valence-electron chi connectivity index (χ1n) is 6.72. The second-order valence-corrected chi connectivity index (χ2v) is 5.59. The van der Waals surface area contributed by atoms with E-state index in [2.05, 4.69) is 0 Å². The van der Waals surface area contributed by atoms with Gasteiger partial charge in [0.05, 0.1) is 24.5 Å². The molecule has 0 radical (unpaired) electrons. The molecule has 1 saturated carbocycles. The van der Waals surface area contributed by atoms with Gasteiger partial charge in [-0.15, -0.1) is 0 Å². The van der Waals surface area contributed by atoms with Gasteiger partial charge >= 0.3 is 0 Å². The van der Waals surface area contributed by atoms with Gasteiger partial charge in [-0.25, -0.2) is 0 Å². The van der Waals surface area contributed by atoms with Crippen LogP contribution < -0.4 is 0 Å². The van der Waals surface area contributed by atoms with Crippen LogP contribution in [0.3, 0.4) is 0 Å². The Labute approximate surface area is 114 Å². The van der Waals surface area contributed by atoms with E-state index in [1.807, 2.05) is 37.3 Å². The molecule has 0 bridgehead atoms. The summed E-state index contributed by atoms with van der Waals surface area (Å²) in [4.78, 5) is 23.7. The van der Waals surface area contributed by atoms with Crippen molar-refractivity contribution in [3.05, 3.63) is 35.9 Å². The molecule has 0 aliphatic heterocycles. The second-order valence-electron chi connectivity index (χ2n) is 5.59. The Bertz CT molecular complexity index is 466. The Morgan fingerprint density at radius 3 is 2.63 bits per heavy atom. The minimum Gasteiger partial charge on any atom is -0.376 e. The van der Waals surface area contributed by atoms with Crippen LogP contribution in [0.5, 0.6) is 0 Å². The minimum atomic E-state index is -0.512. The maximum Gasteiger partial charge on any atom is 0.151 e. The highest BCUT2D eigenvalue weighted by Gasteiger charge is 2.43. The third-order valence-corrected chi connectivity index (χ3v) is 3.93. The highest BCUT2D eigenvalue weighted by molar-refractivity contribution is 6.06. The Hall–Kier alpha value is -1.48. The van der Waals surface area contributed by atoms with Gasteiger partial charge in [-0.3, -0.25) is 9.59 Å². The largest absolute Gasteiger partial charge is 0.376 e. The fraction of sp³-hybridized carbons (Fsp3) is 0.500. The molecule has 0 N–H and O–H groups in total. The summed E-state index contributed by atoms with van der Waals surface area (Å²) in [5, 5.41) is 0. The van der Waals surface area contributed by atoms with Gasteiger partial charge in [0.25, 0.3) is 0 Å². The molecule has 1 aliphatic carbocycles. The quantitative estimate of drug-likeness (QED) is 0.782. The predicted octanol–water partition coefficient (Wildman–Crippen LogP) is 2.78. The average molecular weight is 260 g/mol. The fourth-order valence-corrected chi connectivity index (χ4v) is 2.52. The summed E-state index contributed by atoms with van der Waals surface area (Å²) in [5.74, 6) is -0.388. The van der Waals surface area contributed by atoms with Crippen molar-refractivity contribution in [2.45, 2.75) is 33.3 Å². The Morgan fingerprint density at radius 2 is 1.95 bits per heavy atom. The van der Waals surface area contributed by atoms with Crippen LogP contribution in [0.15, 0.2) is 30.3 Å². The Kier molecular flexibility index (Phi) is 4.15. The average Bonchev–Trinajstić information content (AvgIpc) is 2.43. The number of Topliss-reactive ketones (excluding diaryl/α,β-unsaturated/α-hetero) is 2. The van der Waals surface area contributed by atoms with Gasteiger partial charge in [0.1, 0.15) is 5.78 Å². The van der Waals surface area contributed by atoms with Crippen molar-refractivity contribution in [2.24, 2.45) is 11.3 Å². The molecule has 2 atom stereocenters. The monoisotopic (exact) mass is 260 g/mol. The third kappa shape index (κ3) is 3.10. The summed E-state index contributed by atoms with van der Waals surface area (Å²) in [6.07, 6.45) is 1.09. The lowest BCUT2D eigenvalue weighted by molar-refractivity contribution is -0.146. The van der Waals surface area contributed by atoms with E-state index in [0.717, 1.165) is 5.56 Å². The maximum absolute atomic E-state index is 12.2. The molecule has 0 heterocycles. The summed E-state index contributed by atoms with van der Waals surface area (Å²) < 4.78 is 5.68. The summed E-state index contributed by atoms with van der Waals surface area (Å²) in [6, 6.07) is 9.89. The number of carbonyl (C=O) groups excluding carboxylic acids is 2. The molecule has 1 unspecified atom stereocenters. The van der Waals surface area contributed by atoms with Crippen molar-refractivity contribution in [1.29, 1.82) is 0 Å². The van der Waals surface area contributed by atoms with Crippen LogP contribution in [0.25, 0.3) is 0 Å². The molecule has 0 saturated heterocycles. The zero-order chi connectivity index (χ0) is 13.9. The molecule has 1 aromatic carbocycles. The molecule has 1 aliphatic rings. The van der Waals surface area contributed by atoms with E-state index in [4.69, 9.17) is 4.74 Å². The molecular weight excluding hydrogens is 240 g/mol. The van der Waals surface area contributed by atoms with E-state index < -0.39 is 11.3 Å². The standard InChI is InChI=1S/C16H20O3/c1-12-14(17)8-9-16(2,15(12)18)11-19-10-13-6-4-3-5-7-13/h3-7,12H,8-11H2,1-2H3/t12?,16-/m1/s1. The Balaban J connectivity index is 1.91. The van der Waals surface area contributed by atoms with Gasteiger partial charge in [0, 0.05) is 6.42 Å². The lowest BCUT2D eigenvalue weighted by Gasteiger charge is -2.34. The summed E-state index contributed by atoms with van der Waals surface area (Å²) in [5.41, 5.74) is 0.584. The molecule has 19 heavy (non-hydrogen) atoms. The van der Waals surface area contributed by atoms with E-state index in [1.54, 1.807) is 6.92 Å². The van der Waals surface area contributed by atoms with Gasteiger partial charge in [0.2, 0.25) is 0 Å². The number of hydrogen-bond donors (Lipinski definition) is 0. The first-order valence-corrected chi connectivity index (χ1v) is 6.72. The molecule has 0 aromatic heterocycles. The number of carbonyl (C=O) groups is 2. The number of benzene rings is 1. The smallest absolute Gasteiger partial charge is 0.151 e. The van der Waals surface area contributed by atoms with E-state index in [1.165, 1.54) is 0 Å². The fourth-order valence-electron chi connectivity index (χ4n) is 2.52. The van der Waals surface area contributed by atoms with Gasteiger partial charge in [0.15, 0.2) is 5.78 Å². The van der Waals surface area contributed by atoms with Crippen LogP contribution in [0.2, 0.25) is 0 Å². The normalized spacial score (nSPS) is 27.6. The topological polar surface area (TPSA) is 43.4 Å². The first-order chi connectivity index (χ1) is 9.03. The van der Waals surface area contributed by atoms with Crippen molar-refractivity contribution in [2.75, 3.05) is 6.61 Å². The van der Waals surface area contributed by atoms with Gasteiger partial charge < -0.3 is 4.74 Å². The SMILES string of the molecule is CC1C(=O)CC[C@](C)(COCc2ccccc2)C1=O. The van der Waals surface area contributed by atoms with Crippen molar-refractivity contribution in [3.63, 3.8) is 0 Å². The molecule has 3 nitrogen and oxygen atoms in total. The number of rotatable bonds is 4.